The van der Waals surface area contributed by atoms with Gasteiger partial charge in [-0.15, -0.1) is 11.3 Å². The van der Waals surface area contributed by atoms with Crippen LogP contribution in [0.2, 0.25) is 0 Å². The van der Waals surface area contributed by atoms with Gasteiger partial charge in [0.1, 0.15) is 6.10 Å². The van der Waals surface area contributed by atoms with E-state index >= 15 is 0 Å². The SMILES string of the molecule is CN(C)C(=O)c1sc2ccccc2c1C1CN(C(=O)c2cccc3cccnc23)CCO1. The minimum atomic E-state index is -0.370. The van der Waals surface area contributed by atoms with Crippen molar-refractivity contribution in [1.82, 2.24) is 14.8 Å². The molecule has 3 heterocycles. The molecule has 0 saturated carbocycles. The highest BCUT2D eigenvalue weighted by Gasteiger charge is 2.32. The lowest BCUT2D eigenvalue weighted by molar-refractivity contribution is -0.0222. The Balaban J connectivity index is 1.52. The van der Waals surface area contributed by atoms with E-state index in [-0.39, 0.29) is 17.9 Å². The topological polar surface area (TPSA) is 62.7 Å². The Labute approximate surface area is 190 Å². The molecule has 162 valence electrons. The lowest BCUT2D eigenvalue weighted by Gasteiger charge is -2.33. The van der Waals surface area contributed by atoms with Crippen LogP contribution in [0.4, 0.5) is 0 Å². The van der Waals surface area contributed by atoms with Crippen LogP contribution in [0.15, 0.2) is 60.8 Å². The maximum absolute atomic E-state index is 13.5. The van der Waals surface area contributed by atoms with Crippen LogP contribution in [0, 0.1) is 0 Å². The second-order valence-electron chi connectivity index (χ2n) is 8.03. The van der Waals surface area contributed by atoms with Crippen molar-refractivity contribution in [2.24, 2.45) is 0 Å². The van der Waals surface area contributed by atoms with Gasteiger partial charge in [-0.05, 0) is 23.6 Å². The molecule has 0 bridgehead atoms. The number of fused-ring (bicyclic) bond motifs is 2. The van der Waals surface area contributed by atoms with E-state index in [4.69, 9.17) is 4.74 Å². The molecule has 0 spiro atoms. The van der Waals surface area contributed by atoms with E-state index in [2.05, 4.69) is 4.98 Å². The molecular weight excluding hydrogens is 422 g/mol. The van der Waals surface area contributed by atoms with E-state index in [1.165, 1.54) is 11.3 Å². The number of amides is 2. The molecule has 1 unspecified atom stereocenters. The Morgan fingerprint density at radius 3 is 2.75 bits per heavy atom. The fourth-order valence-electron chi connectivity index (χ4n) is 4.20. The van der Waals surface area contributed by atoms with Crippen LogP contribution in [0.25, 0.3) is 21.0 Å². The number of hydrogen-bond donors (Lipinski definition) is 0. The summed E-state index contributed by atoms with van der Waals surface area (Å²) < 4.78 is 7.17. The maximum Gasteiger partial charge on any atom is 0.263 e. The highest BCUT2D eigenvalue weighted by atomic mass is 32.1. The van der Waals surface area contributed by atoms with Gasteiger partial charge in [0, 0.05) is 42.5 Å². The third-order valence-electron chi connectivity index (χ3n) is 5.77. The average Bonchev–Trinajstić information content (AvgIpc) is 3.22. The smallest absolute Gasteiger partial charge is 0.263 e. The molecule has 2 aromatic heterocycles. The molecule has 2 aromatic carbocycles. The molecule has 0 radical (unpaired) electrons. The van der Waals surface area contributed by atoms with Crippen LogP contribution < -0.4 is 0 Å². The van der Waals surface area contributed by atoms with Crippen LogP contribution in [0.3, 0.4) is 0 Å². The standard InChI is InChI=1S/C25H23N3O3S/c1-27(2)25(30)23-21(17-9-3-4-11-20(17)32-23)19-15-28(13-14-31-19)24(29)18-10-5-7-16-8-6-12-26-22(16)18/h3-12,19H,13-15H2,1-2H3. The lowest BCUT2D eigenvalue weighted by Crippen LogP contribution is -2.42. The number of thiophene rings is 1. The quantitative estimate of drug-likeness (QED) is 0.470. The summed E-state index contributed by atoms with van der Waals surface area (Å²) in [6.07, 6.45) is 1.34. The summed E-state index contributed by atoms with van der Waals surface area (Å²) in [4.78, 5) is 34.9. The molecule has 5 rings (SSSR count). The summed E-state index contributed by atoms with van der Waals surface area (Å²) >= 11 is 1.48. The number of carbonyl (C=O) groups is 2. The largest absolute Gasteiger partial charge is 0.370 e. The van der Waals surface area contributed by atoms with Crippen LogP contribution >= 0.6 is 11.3 Å². The molecule has 1 fully saturated rings. The molecule has 1 aliphatic heterocycles. The van der Waals surface area contributed by atoms with Crippen molar-refractivity contribution in [2.75, 3.05) is 33.8 Å². The first-order valence-corrected chi connectivity index (χ1v) is 11.3. The Morgan fingerprint density at radius 2 is 1.91 bits per heavy atom. The van der Waals surface area contributed by atoms with Gasteiger partial charge in [-0.3, -0.25) is 14.6 Å². The second kappa shape index (κ2) is 8.33. The van der Waals surface area contributed by atoms with Gasteiger partial charge < -0.3 is 14.5 Å². The summed E-state index contributed by atoms with van der Waals surface area (Å²) in [5.41, 5.74) is 2.16. The van der Waals surface area contributed by atoms with Crippen LogP contribution in [0.5, 0.6) is 0 Å². The predicted octanol–water partition coefficient (Wildman–Crippen LogP) is 4.37. The molecule has 7 heteroatoms. The van der Waals surface area contributed by atoms with Gasteiger partial charge >= 0.3 is 0 Å². The molecule has 0 N–H and O–H groups in total. The highest BCUT2D eigenvalue weighted by molar-refractivity contribution is 7.21. The van der Waals surface area contributed by atoms with E-state index in [1.807, 2.05) is 59.5 Å². The maximum atomic E-state index is 13.5. The number of morpholine rings is 1. The number of para-hydroxylation sites is 1. The molecule has 1 saturated heterocycles. The Hall–Kier alpha value is -3.29. The van der Waals surface area contributed by atoms with Gasteiger partial charge in [0.2, 0.25) is 0 Å². The van der Waals surface area contributed by atoms with Gasteiger partial charge in [-0.1, -0.05) is 36.4 Å². The number of aromatic nitrogens is 1. The first kappa shape index (κ1) is 20.6. The Morgan fingerprint density at radius 1 is 1.09 bits per heavy atom. The summed E-state index contributed by atoms with van der Waals surface area (Å²) in [6.45, 7) is 1.29. The van der Waals surface area contributed by atoms with Crippen molar-refractivity contribution in [3.63, 3.8) is 0 Å². The number of nitrogens with zero attached hydrogens (tertiary/aromatic N) is 3. The fraction of sp³-hybridized carbons (Fsp3) is 0.240. The van der Waals surface area contributed by atoms with Crippen molar-refractivity contribution in [3.8, 4) is 0 Å². The molecular formula is C25H23N3O3S. The van der Waals surface area contributed by atoms with Gasteiger partial charge in [0.15, 0.2) is 0 Å². The van der Waals surface area contributed by atoms with Crippen LogP contribution in [-0.4, -0.2) is 60.4 Å². The zero-order valence-corrected chi connectivity index (χ0v) is 18.8. The van der Waals surface area contributed by atoms with Crippen LogP contribution in [-0.2, 0) is 4.74 Å². The number of rotatable bonds is 3. The minimum Gasteiger partial charge on any atom is -0.370 e. The normalized spacial score (nSPS) is 16.4. The van der Waals surface area contributed by atoms with Crippen LogP contribution in [0.1, 0.15) is 31.7 Å². The minimum absolute atomic E-state index is 0.0495. The zero-order valence-electron chi connectivity index (χ0n) is 17.9. The van der Waals surface area contributed by atoms with Crippen molar-refractivity contribution < 1.29 is 14.3 Å². The fourth-order valence-corrected chi connectivity index (χ4v) is 5.48. The van der Waals surface area contributed by atoms with Gasteiger partial charge in [0.25, 0.3) is 11.8 Å². The predicted molar refractivity (Wildman–Crippen MR) is 126 cm³/mol. The Bertz CT molecular complexity index is 1330. The first-order valence-electron chi connectivity index (χ1n) is 10.5. The number of pyridine rings is 1. The number of ether oxygens (including phenoxy) is 1. The third kappa shape index (κ3) is 3.53. The molecule has 0 aliphatic carbocycles. The van der Waals surface area contributed by atoms with E-state index in [0.717, 1.165) is 21.0 Å². The third-order valence-corrected chi connectivity index (χ3v) is 6.95. The van der Waals surface area contributed by atoms with Gasteiger partial charge in [0.05, 0.1) is 29.1 Å². The molecule has 1 atom stereocenters. The average molecular weight is 446 g/mol. The Kier molecular flexibility index (Phi) is 5.36. The zero-order chi connectivity index (χ0) is 22.2. The molecule has 1 aliphatic rings. The molecule has 2 amide bonds. The highest BCUT2D eigenvalue weighted by Crippen LogP contribution is 2.39. The van der Waals surface area contributed by atoms with E-state index in [9.17, 15) is 9.59 Å². The van der Waals surface area contributed by atoms with E-state index in [1.54, 1.807) is 25.2 Å². The molecule has 32 heavy (non-hydrogen) atoms. The molecule has 4 aromatic rings. The number of carbonyl (C=O) groups excluding carboxylic acids is 2. The number of hydrogen-bond acceptors (Lipinski definition) is 5. The second-order valence-corrected chi connectivity index (χ2v) is 9.08. The van der Waals surface area contributed by atoms with Gasteiger partial charge in [-0.2, -0.15) is 0 Å². The van der Waals surface area contributed by atoms with Crippen molar-refractivity contribution >= 4 is 44.1 Å². The van der Waals surface area contributed by atoms with E-state index < -0.39 is 0 Å². The summed E-state index contributed by atoms with van der Waals surface area (Å²) in [5, 5.41) is 1.94. The summed E-state index contributed by atoms with van der Waals surface area (Å²) in [5.74, 6) is -0.117. The van der Waals surface area contributed by atoms with Crippen molar-refractivity contribution in [2.45, 2.75) is 6.10 Å². The summed E-state index contributed by atoms with van der Waals surface area (Å²) in [7, 11) is 3.50. The summed E-state index contributed by atoms with van der Waals surface area (Å²) in [6, 6.07) is 17.5. The first-order chi connectivity index (χ1) is 15.5. The van der Waals surface area contributed by atoms with Gasteiger partial charge in [-0.25, -0.2) is 0 Å². The van der Waals surface area contributed by atoms with E-state index in [0.29, 0.717) is 35.7 Å². The van der Waals surface area contributed by atoms with Crippen molar-refractivity contribution in [3.05, 3.63) is 76.8 Å². The van der Waals surface area contributed by atoms with Crippen molar-refractivity contribution in [1.29, 1.82) is 0 Å². The number of benzene rings is 2. The molecule has 6 nitrogen and oxygen atoms in total. The lowest BCUT2D eigenvalue weighted by atomic mass is 10.0. The monoisotopic (exact) mass is 445 g/mol.